The number of primary amides is 1. The van der Waals surface area contributed by atoms with Crippen LogP contribution in [0, 0.1) is 5.82 Å². The van der Waals surface area contributed by atoms with Gasteiger partial charge in [0.25, 0.3) is 11.8 Å². The molecule has 0 aliphatic heterocycles. The number of rotatable bonds is 7. The second-order valence-corrected chi connectivity index (χ2v) is 10.00. The zero-order valence-corrected chi connectivity index (χ0v) is 21.3. The molecule has 3 aromatic heterocycles. The van der Waals surface area contributed by atoms with E-state index in [2.05, 4.69) is 15.3 Å². The minimum atomic E-state index is -0.673. The summed E-state index contributed by atoms with van der Waals surface area (Å²) in [5.74, 6) is -0.944. The molecule has 194 valence electrons. The quantitative estimate of drug-likeness (QED) is 0.271. The maximum Gasteiger partial charge on any atom is 0.252 e. The van der Waals surface area contributed by atoms with Gasteiger partial charge in [0.05, 0.1) is 22.2 Å². The molecule has 3 heterocycles. The molecule has 5 aromatic rings. The van der Waals surface area contributed by atoms with Crippen molar-refractivity contribution < 1.29 is 18.4 Å². The minimum absolute atomic E-state index is 0.194. The lowest BCUT2D eigenvalue weighted by Gasteiger charge is -2.17. The highest BCUT2D eigenvalue weighted by molar-refractivity contribution is 6.33. The topological polar surface area (TPSA) is 111 Å². The lowest BCUT2D eigenvalue weighted by Crippen LogP contribution is -2.35. The smallest absolute Gasteiger partial charge is 0.252 e. The number of amides is 2. The third-order valence-electron chi connectivity index (χ3n) is 6.94. The summed E-state index contributed by atoms with van der Waals surface area (Å²) in [5.41, 5.74) is 8.86. The van der Waals surface area contributed by atoms with Crippen molar-refractivity contribution in [3.05, 3.63) is 118 Å². The number of carbonyl (C=O) groups excluding carboxylic acids is 2. The van der Waals surface area contributed by atoms with Gasteiger partial charge in [-0.15, -0.1) is 0 Å². The maximum absolute atomic E-state index is 13.3. The number of benzene rings is 2. The van der Waals surface area contributed by atoms with Crippen molar-refractivity contribution in [3.8, 4) is 11.1 Å². The number of furan rings is 1. The Bertz CT molecular complexity index is 1730. The van der Waals surface area contributed by atoms with Crippen molar-refractivity contribution in [2.45, 2.75) is 24.8 Å². The van der Waals surface area contributed by atoms with Gasteiger partial charge in [0, 0.05) is 40.5 Å². The Morgan fingerprint density at radius 2 is 1.85 bits per heavy atom. The fourth-order valence-electron chi connectivity index (χ4n) is 4.75. The molecule has 3 N–H and O–H groups in total. The number of carbonyl (C=O) groups is 2. The van der Waals surface area contributed by atoms with E-state index >= 15 is 0 Å². The van der Waals surface area contributed by atoms with Gasteiger partial charge in [-0.1, -0.05) is 29.8 Å². The number of nitrogens with one attached hydrogen (secondary N) is 1. The van der Waals surface area contributed by atoms with Crippen LogP contribution in [0.2, 0.25) is 5.02 Å². The van der Waals surface area contributed by atoms with Gasteiger partial charge in [-0.3, -0.25) is 14.6 Å². The Balaban J connectivity index is 1.34. The van der Waals surface area contributed by atoms with Crippen molar-refractivity contribution in [3.63, 3.8) is 0 Å². The van der Waals surface area contributed by atoms with Crippen LogP contribution in [0.15, 0.2) is 83.5 Å². The van der Waals surface area contributed by atoms with Gasteiger partial charge in [0.15, 0.2) is 0 Å². The van der Waals surface area contributed by atoms with E-state index in [9.17, 15) is 14.0 Å². The number of fused-ring (bicyclic) bond motifs is 1. The summed E-state index contributed by atoms with van der Waals surface area (Å²) in [7, 11) is 0. The molecule has 1 saturated carbocycles. The van der Waals surface area contributed by atoms with Crippen LogP contribution in [0.25, 0.3) is 22.2 Å². The van der Waals surface area contributed by atoms with E-state index in [4.69, 9.17) is 21.8 Å². The van der Waals surface area contributed by atoms with Gasteiger partial charge in [0.1, 0.15) is 11.6 Å². The summed E-state index contributed by atoms with van der Waals surface area (Å²) in [6.07, 6.45) is 5.14. The second kappa shape index (κ2) is 9.63. The molecule has 2 aromatic carbocycles. The molecule has 1 aliphatic carbocycles. The molecule has 0 radical (unpaired) electrons. The highest BCUT2D eigenvalue weighted by Gasteiger charge is 2.47. The molecule has 1 fully saturated rings. The molecule has 7 nitrogen and oxygen atoms in total. The van der Waals surface area contributed by atoms with Crippen LogP contribution in [0.3, 0.4) is 0 Å². The van der Waals surface area contributed by atoms with Crippen molar-refractivity contribution >= 4 is 34.5 Å². The Kier molecular flexibility index (Phi) is 6.12. The van der Waals surface area contributed by atoms with Crippen molar-refractivity contribution in [2.24, 2.45) is 5.73 Å². The van der Waals surface area contributed by atoms with Gasteiger partial charge in [0.2, 0.25) is 5.71 Å². The lowest BCUT2D eigenvalue weighted by atomic mass is 10.0. The number of nitrogens with zero attached hydrogens (tertiary/aromatic N) is 2. The predicted molar refractivity (Wildman–Crippen MR) is 145 cm³/mol. The van der Waals surface area contributed by atoms with E-state index in [-0.39, 0.29) is 29.4 Å². The Hall–Kier alpha value is -4.56. The first-order valence-electron chi connectivity index (χ1n) is 12.3. The fraction of sp³-hybridized carbons (Fsp3) is 0.133. The summed E-state index contributed by atoms with van der Waals surface area (Å²) in [6.45, 7) is 0. The van der Waals surface area contributed by atoms with Crippen LogP contribution in [0.5, 0.6) is 0 Å². The number of pyridine rings is 2. The first-order valence-corrected chi connectivity index (χ1v) is 12.7. The van der Waals surface area contributed by atoms with E-state index in [1.165, 1.54) is 12.1 Å². The molecule has 0 saturated heterocycles. The monoisotopic (exact) mass is 540 g/mol. The van der Waals surface area contributed by atoms with E-state index in [0.29, 0.717) is 32.9 Å². The average Bonchev–Trinajstić information content (AvgIpc) is 3.62. The zero-order chi connectivity index (χ0) is 27.1. The Morgan fingerprint density at radius 3 is 2.54 bits per heavy atom. The molecular weight excluding hydrogens is 519 g/mol. The van der Waals surface area contributed by atoms with Crippen LogP contribution in [-0.4, -0.2) is 21.8 Å². The third-order valence-corrected chi connectivity index (χ3v) is 7.27. The summed E-state index contributed by atoms with van der Waals surface area (Å²) in [5, 5.41) is 3.96. The molecule has 0 unspecified atom stereocenters. The van der Waals surface area contributed by atoms with Crippen LogP contribution >= 0.6 is 11.6 Å². The second-order valence-electron chi connectivity index (χ2n) is 9.59. The van der Waals surface area contributed by atoms with Crippen LogP contribution < -0.4 is 11.1 Å². The third kappa shape index (κ3) is 4.75. The van der Waals surface area contributed by atoms with E-state index < -0.39 is 11.4 Å². The van der Waals surface area contributed by atoms with Crippen molar-refractivity contribution in [1.29, 1.82) is 0 Å². The summed E-state index contributed by atoms with van der Waals surface area (Å²) >= 11 is 6.54. The van der Waals surface area contributed by atoms with Gasteiger partial charge in [-0.2, -0.15) is 0 Å². The number of aromatic nitrogens is 2. The molecule has 39 heavy (non-hydrogen) atoms. The van der Waals surface area contributed by atoms with E-state index in [0.717, 1.165) is 24.1 Å². The molecule has 9 heteroatoms. The van der Waals surface area contributed by atoms with Crippen molar-refractivity contribution in [1.82, 2.24) is 15.3 Å². The SMILES string of the molecule is NC(=O)c1c(Cc2ccc(F)cc2)oc2ncc(-c3cc(C(=O)NC4(c5ccccn5)CC4)ccc3Cl)cc12. The number of hydrogen-bond acceptors (Lipinski definition) is 5. The highest BCUT2D eigenvalue weighted by atomic mass is 35.5. The van der Waals surface area contributed by atoms with Crippen LogP contribution in [-0.2, 0) is 12.0 Å². The zero-order valence-electron chi connectivity index (χ0n) is 20.6. The van der Waals surface area contributed by atoms with Gasteiger partial charge < -0.3 is 15.5 Å². The summed E-state index contributed by atoms with van der Waals surface area (Å²) < 4.78 is 19.2. The first kappa shape index (κ1) is 24.8. The lowest BCUT2D eigenvalue weighted by molar-refractivity contribution is 0.0928. The largest absolute Gasteiger partial charge is 0.442 e. The van der Waals surface area contributed by atoms with Crippen molar-refractivity contribution in [2.75, 3.05) is 0 Å². The molecule has 6 rings (SSSR count). The van der Waals surface area contributed by atoms with E-state index in [1.807, 2.05) is 18.2 Å². The molecule has 0 spiro atoms. The number of hydrogen-bond donors (Lipinski definition) is 2. The van der Waals surface area contributed by atoms with Gasteiger partial charge in [-0.25, -0.2) is 9.37 Å². The minimum Gasteiger partial charge on any atom is -0.442 e. The maximum atomic E-state index is 13.3. The van der Waals surface area contributed by atoms with Gasteiger partial charge >= 0.3 is 0 Å². The molecule has 0 bridgehead atoms. The van der Waals surface area contributed by atoms with E-state index in [1.54, 1.807) is 48.8 Å². The predicted octanol–water partition coefficient (Wildman–Crippen LogP) is 5.79. The Labute approximate surface area is 227 Å². The Morgan fingerprint density at radius 1 is 1.05 bits per heavy atom. The fourth-order valence-corrected chi connectivity index (χ4v) is 4.98. The highest BCUT2D eigenvalue weighted by Crippen LogP contribution is 2.44. The standard InChI is InChI=1S/C30H22ClFN4O3/c31-23-9-6-18(28(38)36-30(10-11-30)25-3-1-2-12-34-25)14-21(23)19-15-22-26(27(33)37)24(39-29(22)35-16-19)13-17-4-7-20(32)8-5-17/h1-9,12,14-16H,10-11,13H2,(H2,33,37)(H,36,38). The summed E-state index contributed by atoms with van der Waals surface area (Å²) in [4.78, 5) is 34.5. The molecule has 1 aliphatic rings. The molecule has 2 amide bonds. The van der Waals surface area contributed by atoms with Crippen LogP contribution in [0.4, 0.5) is 4.39 Å². The number of nitrogens with two attached hydrogens (primary N) is 1. The molecule has 0 atom stereocenters. The average molecular weight is 541 g/mol. The number of halogens is 2. The first-order chi connectivity index (χ1) is 18.8. The van der Waals surface area contributed by atoms with Gasteiger partial charge in [-0.05, 0) is 66.9 Å². The normalized spacial score (nSPS) is 13.8. The van der Waals surface area contributed by atoms with Crippen LogP contribution in [0.1, 0.15) is 50.6 Å². The molecular formula is C30H22ClFN4O3. The summed E-state index contributed by atoms with van der Waals surface area (Å²) in [6, 6.07) is 18.3.